The number of hydrogen-bond donors (Lipinski definition) is 1. The van der Waals surface area contributed by atoms with Gasteiger partial charge in [-0.05, 0) is 44.2 Å². The van der Waals surface area contributed by atoms with Crippen LogP contribution in [0.15, 0.2) is 41.3 Å². The first kappa shape index (κ1) is 14.5. The van der Waals surface area contributed by atoms with Crippen molar-refractivity contribution in [2.75, 3.05) is 12.3 Å². The maximum atomic E-state index is 12.4. The zero-order chi connectivity index (χ0) is 14.5. The second kappa shape index (κ2) is 6.52. The minimum atomic E-state index is -1.24. The molecule has 0 saturated carbocycles. The summed E-state index contributed by atoms with van der Waals surface area (Å²) in [6.45, 7) is 4.38. The Balaban J connectivity index is 2.22. The molecule has 0 radical (unpaired) electrons. The van der Waals surface area contributed by atoms with Crippen LogP contribution in [0, 0.1) is 6.92 Å². The fraction of sp³-hybridized carbons (Fsp3) is 0.267. The van der Waals surface area contributed by atoms with Crippen molar-refractivity contribution < 1.29 is 8.95 Å². The fourth-order valence-corrected chi connectivity index (χ4v) is 3.02. The molecule has 0 aliphatic carbocycles. The molecule has 106 valence electrons. The topological polar surface area (TPSA) is 65.2 Å². The molecule has 0 bridgehead atoms. The van der Waals surface area contributed by atoms with E-state index in [1.165, 1.54) is 0 Å². The van der Waals surface area contributed by atoms with Crippen molar-refractivity contribution in [1.82, 2.24) is 4.98 Å². The van der Waals surface area contributed by atoms with Gasteiger partial charge in [0.15, 0.2) is 0 Å². The minimum Gasteiger partial charge on any atom is -0.494 e. The lowest BCUT2D eigenvalue weighted by atomic mass is 10.3. The van der Waals surface area contributed by atoms with Crippen LogP contribution in [0.4, 0.5) is 5.69 Å². The highest BCUT2D eigenvalue weighted by atomic mass is 32.2. The molecule has 0 aliphatic heterocycles. The van der Waals surface area contributed by atoms with Gasteiger partial charge in [0.2, 0.25) is 0 Å². The third-order valence-electron chi connectivity index (χ3n) is 2.77. The zero-order valence-electron chi connectivity index (χ0n) is 11.6. The summed E-state index contributed by atoms with van der Waals surface area (Å²) in [5.41, 5.74) is 8.12. The average molecular weight is 290 g/mol. The average Bonchev–Trinajstić information content (AvgIpc) is 2.41. The molecule has 2 rings (SSSR count). The fourth-order valence-electron chi connectivity index (χ4n) is 1.86. The van der Waals surface area contributed by atoms with Crippen molar-refractivity contribution in [2.45, 2.75) is 24.5 Å². The predicted molar refractivity (Wildman–Crippen MR) is 81.1 cm³/mol. The third kappa shape index (κ3) is 3.57. The molecule has 0 aliphatic rings. The summed E-state index contributed by atoms with van der Waals surface area (Å²) in [6, 6.07) is 10.9. The van der Waals surface area contributed by atoms with Crippen LogP contribution < -0.4 is 10.5 Å². The minimum absolute atomic E-state index is 0.349. The molecular formula is C15H18N2O2S. The summed E-state index contributed by atoms with van der Waals surface area (Å²) in [6.07, 6.45) is 0. The van der Waals surface area contributed by atoms with Gasteiger partial charge in [0, 0.05) is 11.4 Å². The van der Waals surface area contributed by atoms with Gasteiger partial charge in [0.1, 0.15) is 5.75 Å². The maximum Gasteiger partial charge on any atom is 0.120 e. The van der Waals surface area contributed by atoms with E-state index in [9.17, 15) is 4.21 Å². The quantitative estimate of drug-likeness (QED) is 0.860. The second-order valence-electron chi connectivity index (χ2n) is 4.39. The second-order valence-corrected chi connectivity index (χ2v) is 5.81. The zero-order valence-corrected chi connectivity index (χ0v) is 12.4. The molecule has 0 saturated heterocycles. The highest BCUT2D eigenvalue weighted by Crippen LogP contribution is 2.24. The van der Waals surface area contributed by atoms with Gasteiger partial charge in [0.25, 0.3) is 0 Å². The van der Waals surface area contributed by atoms with E-state index in [2.05, 4.69) is 4.98 Å². The van der Waals surface area contributed by atoms with Gasteiger partial charge in [-0.25, -0.2) is 0 Å². The molecule has 2 N–H and O–H groups in total. The number of nitrogen functional groups attached to an aromatic ring is 1. The molecule has 1 aromatic carbocycles. The van der Waals surface area contributed by atoms with Gasteiger partial charge in [-0.1, -0.05) is 6.07 Å². The standard InChI is InChI=1S/C15H18N2O2S/c1-3-19-13-7-8-14(16)15(9-13)20(18)10-12-6-4-5-11(2)17-12/h4-9H,3,10,16H2,1-2H3. The lowest BCUT2D eigenvalue weighted by molar-refractivity contribution is 0.339. The number of nitrogens with two attached hydrogens (primary N) is 1. The van der Waals surface area contributed by atoms with Gasteiger partial charge in [-0.15, -0.1) is 0 Å². The van der Waals surface area contributed by atoms with Crippen LogP contribution in [-0.4, -0.2) is 15.8 Å². The van der Waals surface area contributed by atoms with E-state index in [1.807, 2.05) is 32.0 Å². The van der Waals surface area contributed by atoms with E-state index in [0.29, 0.717) is 28.7 Å². The Labute approximate surface area is 121 Å². The number of rotatable bonds is 5. The van der Waals surface area contributed by atoms with Crippen molar-refractivity contribution in [3.05, 3.63) is 47.8 Å². The number of hydrogen-bond acceptors (Lipinski definition) is 4. The van der Waals surface area contributed by atoms with Crippen LogP contribution in [0.5, 0.6) is 5.75 Å². The summed E-state index contributed by atoms with van der Waals surface area (Å²) < 4.78 is 17.9. The lowest BCUT2D eigenvalue weighted by Crippen LogP contribution is -2.03. The Morgan fingerprint density at radius 3 is 2.80 bits per heavy atom. The number of aryl methyl sites for hydroxylation is 1. The van der Waals surface area contributed by atoms with Gasteiger partial charge in [0.05, 0.1) is 33.7 Å². The number of benzene rings is 1. The van der Waals surface area contributed by atoms with Crippen molar-refractivity contribution in [3.63, 3.8) is 0 Å². The number of nitrogens with zero attached hydrogens (tertiary/aromatic N) is 1. The molecule has 0 fully saturated rings. The first-order valence-electron chi connectivity index (χ1n) is 6.43. The summed E-state index contributed by atoms with van der Waals surface area (Å²) in [4.78, 5) is 4.96. The first-order valence-corrected chi connectivity index (χ1v) is 7.75. The largest absolute Gasteiger partial charge is 0.494 e. The van der Waals surface area contributed by atoms with E-state index in [1.54, 1.807) is 18.2 Å². The molecule has 0 amide bonds. The van der Waals surface area contributed by atoms with Crippen LogP contribution >= 0.6 is 0 Å². The third-order valence-corrected chi connectivity index (χ3v) is 4.17. The molecular weight excluding hydrogens is 272 g/mol. The Morgan fingerprint density at radius 1 is 1.30 bits per heavy atom. The van der Waals surface area contributed by atoms with Gasteiger partial charge in [-0.2, -0.15) is 0 Å². The SMILES string of the molecule is CCOc1ccc(N)c(S(=O)Cc2cccc(C)n2)c1. The van der Waals surface area contributed by atoms with E-state index < -0.39 is 10.8 Å². The highest BCUT2D eigenvalue weighted by Gasteiger charge is 2.11. The van der Waals surface area contributed by atoms with E-state index in [-0.39, 0.29) is 0 Å². The van der Waals surface area contributed by atoms with Gasteiger partial charge < -0.3 is 10.5 Å². The van der Waals surface area contributed by atoms with Crippen molar-refractivity contribution in [1.29, 1.82) is 0 Å². The van der Waals surface area contributed by atoms with Crippen molar-refractivity contribution >= 4 is 16.5 Å². The lowest BCUT2D eigenvalue weighted by Gasteiger charge is -2.09. The van der Waals surface area contributed by atoms with Crippen molar-refractivity contribution in [2.24, 2.45) is 0 Å². The Kier molecular flexibility index (Phi) is 4.74. The van der Waals surface area contributed by atoms with Crippen LogP contribution in [0.2, 0.25) is 0 Å². The molecule has 4 nitrogen and oxygen atoms in total. The molecule has 20 heavy (non-hydrogen) atoms. The highest BCUT2D eigenvalue weighted by molar-refractivity contribution is 7.84. The van der Waals surface area contributed by atoms with Crippen LogP contribution in [0.1, 0.15) is 18.3 Å². The smallest absolute Gasteiger partial charge is 0.120 e. The molecule has 1 aromatic heterocycles. The Hall–Kier alpha value is -1.88. The molecule has 2 aromatic rings. The first-order chi connectivity index (χ1) is 9.60. The number of pyridine rings is 1. The molecule has 5 heteroatoms. The molecule has 1 unspecified atom stereocenters. The van der Waals surface area contributed by atoms with Crippen molar-refractivity contribution in [3.8, 4) is 5.75 Å². The summed E-state index contributed by atoms with van der Waals surface area (Å²) in [7, 11) is -1.24. The van der Waals surface area contributed by atoms with Gasteiger partial charge in [-0.3, -0.25) is 9.19 Å². The predicted octanol–water partition coefficient (Wildman–Crippen LogP) is 2.68. The summed E-state index contributed by atoms with van der Waals surface area (Å²) in [5.74, 6) is 1.03. The summed E-state index contributed by atoms with van der Waals surface area (Å²) >= 11 is 0. The number of anilines is 1. The van der Waals surface area contributed by atoms with E-state index in [0.717, 1.165) is 11.4 Å². The van der Waals surface area contributed by atoms with Crippen LogP contribution in [0.25, 0.3) is 0 Å². The number of ether oxygens (including phenoxy) is 1. The molecule has 0 spiro atoms. The Bertz CT molecular complexity index is 629. The monoisotopic (exact) mass is 290 g/mol. The maximum absolute atomic E-state index is 12.4. The number of aromatic nitrogens is 1. The van der Waals surface area contributed by atoms with E-state index in [4.69, 9.17) is 10.5 Å². The van der Waals surface area contributed by atoms with Crippen LogP contribution in [-0.2, 0) is 16.6 Å². The summed E-state index contributed by atoms with van der Waals surface area (Å²) in [5, 5.41) is 0. The molecule has 1 heterocycles. The Morgan fingerprint density at radius 2 is 2.10 bits per heavy atom. The van der Waals surface area contributed by atoms with Gasteiger partial charge >= 0.3 is 0 Å². The van der Waals surface area contributed by atoms with E-state index >= 15 is 0 Å². The molecule has 1 atom stereocenters. The van der Waals surface area contributed by atoms with Crippen LogP contribution in [0.3, 0.4) is 0 Å². The normalized spacial score (nSPS) is 12.1.